The van der Waals surface area contributed by atoms with E-state index < -0.39 is 0 Å². The zero-order valence-electron chi connectivity index (χ0n) is 9.66. The van der Waals surface area contributed by atoms with Crippen LogP contribution in [0.4, 0.5) is 0 Å². The van der Waals surface area contributed by atoms with Gasteiger partial charge in [-0.3, -0.25) is 4.79 Å². The Labute approximate surface area is 117 Å². The van der Waals surface area contributed by atoms with E-state index in [1.807, 2.05) is 36.6 Å². The second kappa shape index (κ2) is 4.37. The van der Waals surface area contributed by atoms with Gasteiger partial charge in [-0.1, -0.05) is 11.6 Å². The Hall–Kier alpha value is -1.39. The first-order chi connectivity index (χ1) is 8.65. The van der Waals surface area contributed by atoms with E-state index in [0.717, 1.165) is 31.4 Å². The van der Waals surface area contributed by atoms with Gasteiger partial charge in [0.25, 0.3) is 0 Å². The minimum Gasteiger partial charge on any atom is -0.360 e. The first-order valence-corrected chi connectivity index (χ1v) is 7.19. The highest BCUT2D eigenvalue weighted by molar-refractivity contribution is 9.11. The van der Waals surface area contributed by atoms with Gasteiger partial charge in [0.15, 0.2) is 5.78 Å². The molecule has 2 aromatic heterocycles. The van der Waals surface area contributed by atoms with Crippen molar-refractivity contribution in [2.24, 2.45) is 0 Å². The first-order valence-electron chi connectivity index (χ1n) is 5.51. The summed E-state index contributed by atoms with van der Waals surface area (Å²) in [6, 6.07) is 7.95. The lowest BCUT2D eigenvalue weighted by atomic mass is 10.0. The highest BCUT2D eigenvalue weighted by atomic mass is 79.9. The number of ketones is 1. The van der Waals surface area contributed by atoms with Gasteiger partial charge in [0.1, 0.15) is 0 Å². The van der Waals surface area contributed by atoms with Crippen molar-refractivity contribution in [1.29, 1.82) is 0 Å². The summed E-state index contributed by atoms with van der Waals surface area (Å²) >= 11 is 4.91. The van der Waals surface area contributed by atoms with Crippen molar-refractivity contribution < 1.29 is 4.79 Å². The molecule has 0 saturated carbocycles. The number of H-pyrrole nitrogens is 1. The van der Waals surface area contributed by atoms with Gasteiger partial charge in [-0.15, -0.1) is 11.3 Å². The summed E-state index contributed by atoms with van der Waals surface area (Å²) < 4.78 is 0.974. The normalized spacial score (nSPS) is 11.0. The number of aryl methyl sites for hydroxylation is 1. The molecule has 1 N–H and O–H groups in total. The van der Waals surface area contributed by atoms with Crippen LogP contribution in [0, 0.1) is 6.92 Å². The van der Waals surface area contributed by atoms with Crippen LogP contribution < -0.4 is 0 Å². The number of fused-ring (bicyclic) bond motifs is 1. The summed E-state index contributed by atoms with van der Waals surface area (Å²) in [7, 11) is 0. The average Bonchev–Trinajstić information content (AvgIpc) is 2.94. The van der Waals surface area contributed by atoms with Gasteiger partial charge in [-0.2, -0.15) is 0 Å². The number of rotatable bonds is 2. The fourth-order valence-electron chi connectivity index (χ4n) is 2.01. The molecule has 0 aliphatic heterocycles. The van der Waals surface area contributed by atoms with E-state index in [1.165, 1.54) is 11.3 Å². The Morgan fingerprint density at radius 2 is 2.17 bits per heavy atom. The molecule has 0 radical (unpaired) electrons. The van der Waals surface area contributed by atoms with Crippen molar-refractivity contribution in [1.82, 2.24) is 4.98 Å². The van der Waals surface area contributed by atoms with E-state index in [0.29, 0.717) is 0 Å². The molecule has 0 spiro atoms. The maximum absolute atomic E-state index is 12.4. The van der Waals surface area contributed by atoms with Gasteiger partial charge >= 0.3 is 0 Å². The fraction of sp³-hybridized carbons (Fsp3) is 0.0714. The van der Waals surface area contributed by atoms with Crippen LogP contribution in [-0.2, 0) is 0 Å². The van der Waals surface area contributed by atoms with Crippen LogP contribution in [0.15, 0.2) is 39.6 Å². The quantitative estimate of drug-likeness (QED) is 0.691. The third-order valence-corrected chi connectivity index (χ3v) is 4.42. The molecule has 4 heteroatoms. The predicted molar refractivity (Wildman–Crippen MR) is 78.5 cm³/mol. The summed E-state index contributed by atoms with van der Waals surface area (Å²) in [5.41, 5.74) is 3.62. The van der Waals surface area contributed by atoms with E-state index >= 15 is 0 Å². The summed E-state index contributed by atoms with van der Waals surface area (Å²) in [6.07, 6.45) is 1.79. The standard InChI is InChI=1S/C14H10BrNOS/c1-8-2-3-12-10(4-8)11(6-16-12)14(17)9-5-13(15)18-7-9/h2-7,16H,1H3. The number of hydrogen-bond donors (Lipinski definition) is 1. The van der Waals surface area contributed by atoms with Crippen molar-refractivity contribution in [2.45, 2.75) is 6.92 Å². The molecule has 0 bridgehead atoms. The van der Waals surface area contributed by atoms with E-state index in [2.05, 4.69) is 20.9 Å². The van der Waals surface area contributed by atoms with Gasteiger partial charge in [0.2, 0.25) is 0 Å². The Morgan fingerprint density at radius 1 is 1.33 bits per heavy atom. The zero-order valence-corrected chi connectivity index (χ0v) is 12.1. The molecule has 2 nitrogen and oxygen atoms in total. The van der Waals surface area contributed by atoms with E-state index in [4.69, 9.17) is 0 Å². The van der Waals surface area contributed by atoms with Crippen molar-refractivity contribution in [2.75, 3.05) is 0 Å². The van der Waals surface area contributed by atoms with E-state index in [-0.39, 0.29) is 5.78 Å². The molecule has 1 aromatic carbocycles. The number of aromatic amines is 1. The van der Waals surface area contributed by atoms with Crippen LogP contribution in [0.2, 0.25) is 0 Å². The average molecular weight is 320 g/mol. The van der Waals surface area contributed by atoms with Gasteiger partial charge in [0.05, 0.1) is 3.79 Å². The number of hydrogen-bond acceptors (Lipinski definition) is 2. The number of carbonyl (C=O) groups excluding carboxylic acids is 1. The summed E-state index contributed by atoms with van der Waals surface area (Å²) in [6.45, 7) is 2.03. The number of halogens is 1. The van der Waals surface area contributed by atoms with Crippen molar-refractivity contribution in [3.05, 3.63) is 56.3 Å². The van der Waals surface area contributed by atoms with Crippen molar-refractivity contribution in [3.8, 4) is 0 Å². The molecule has 0 aliphatic rings. The molecule has 3 rings (SSSR count). The first kappa shape index (κ1) is 11.7. The topological polar surface area (TPSA) is 32.9 Å². The summed E-state index contributed by atoms with van der Waals surface area (Å²) in [4.78, 5) is 15.6. The minimum absolute atomic E-state index is 0.0637. The number of benzene rings is 1. The number of carbonyl (C=O) groups is 1. The molecule has 0 atom stereocenters. The number of nitrogens with one attached hydrogen (secondary N) is 1. The van der Waals surface area contributed by atoms with Crippen LogP contribution in [0.3, 0.4) is 0 Å². The zero-order chi connectivity index (χ0) is 12.7. The van der Waals surface area contributed by atoms with Gasteiger partial charge < -0.3 is 4.98 Å². The SMILES string of the molecule is Cc1ccc2[nH]cc(C(=O)c3csc(Br)c3)c2c1. The van der Waals surface area contributed by atoms with Crippen molar-refractivity contribution in [3.63, 3.8) is 0 Å². The van der Waals surface area contributed by atoms with Crippen molar-refractivity contribution >= 4 is 44.0 Å². The fourth-order valence-corrected chi connectivity index (χ4v) is 3.14. The molecule has 90 valence electrons. The second-order valence-corrected chi connectivity index (χ2v) is 6.51. The summed E-state index contributed by atoms with van der Waals surface area (Å²) in [5, 5.41) is 2.86. The molecular formula is C14H10BrNOS. The maximum atomic E-state index is 12.4. The molecule has 18 heavy (non-hydrogen) atoms. The third kappa shape index (κ3) is 1.91. The maximum Gasteiger partial charge on any atom is 0.196 e. The van der Waals surface area contributed by atoms with Gasteiger partial charge in [-0.05, 0) is 41.1 Å². The Bertz CT molecular complexity index is 741. The molecular weight excluding hydrogens is 310 g/mol. The molecule has 0 saturated heterocycles. The lowest BCUT2D eigenvalue weighted by molar-refractivity contribution is 0.104. The highest BCUT2D eigenvalue weighted by Crippen LogP contribution is 2.26. The van der Waals surface area contributed by atoms with Gasteiger partial charge in [-0.25, -0.2) is 0 Å². The Morgan fingerprint density at radius 3 is 2.89 bits per heavy atom. The predicted octanol–water partition coefficient (Wildman–Crippen LogP) is 4.53. The number of aromatic nitrogens is 1. The lowest BCUT2D eigenvalue weighted by Gasteiger charge is -1.97. The molecule has 0 fully saturated rings. The smallest absolute Gasteiger partial charge is 0.196 e. The third-order valence-electron chi connectivity index (χ3n) is 2.91. The van der Waals surface area contributed by atoms with Crippen LogP contribution in [0.1, 0.15) is 21.5 Å². The van der Waals surface area contributed by atoms with Gasteiger partial charge in [0, 0.05) is 33.6 Å². The van der Waals surface area contributed by atoms with Crippen LogP contribution >= 0.6 is 27.3 Å². The van der Waals surface area contributed by atoms with E-state index in [1.54, 1.807) is 6.20 Å². The summed E-state index contributed by atoms with van der Waals surface area (Å²) in [5.74, 6) is 0.0637. The molecule has 3 aromatic rings. The minimum atomic E-state index is 0.0637. The van der Waals surface area contributed by atoms with Crippen LogP contribution in [0.25, 0.3) is 10.9 Å². The van der Waals surface area contributed by atoms with Crippen LogP contribution in [0.5, 0.6) is 0 Å². The molecule has 0 unspecified atom stereocenters. The largest absolute Gasteiger partial charge is 0.360 e. The number of thiophene rings is 1. The lowest BCUT2D eigenvalue weighted by Crippen LogP contribution is -1.98. The van der Waals surface area contributed by atoms with Crippen LogP contribution in [-0.4, -0.2) is 10.8 Å². The molecule has 0 amide bonds. The Balaban J connectivity index is 2.14. The monoisotopic (exact) mass is 319 g/mol. The Kier molecular flexibility index (Phi) is 2.84. The molecule has 2 heterocycles. The molecule has 0 aliphatic carbocycles. The highest BCUT2D eigenvalue weighted by Gasteiger charge is 2.15. The van der Waals surface area contributed by atoms with E-state index in [9.17, 15) is 4.79 Å². The second-order valence-electron chi connectivity index (χ2n) is 4.22.